The average molecular weight is 323 g/mol. The van der Waals surface area contributed by atoms with Crippen molar-refractivity contribution in [2.45, 2.75) is 31.4 Å². The number of fused-ring (bicyclic) bond motifs is 1. The monoisotopic (exact) mass is 323 g/mol. The molecule has 1 N–H and O–H groups in total. The normalized spacial score (nSPS) is 26.9. The first kappa shape index (κ1) is 16.2. The second-order valence-electron chi connectivity index (χ2n) is 6.23. The van der Waals surface area contributed by atoms with Gasteiger partial charge >= 0.3 is 0 Å². The first-order chi connectivity index (χ1) is 11.1. The first-order valence-corrected chi connectivity index (χ1v) is 7.96. The molecule has 0 bridgehead atoms. The molecular weight excluding hydrogens is 301 g/mol. The number of halogens is 1. The maximum atomic E-state index is 13.8. The molecular formula is C17H22FNO4. The topological polar surface area (TPSA) is 59.0 Å². The maximum Gasteiger partial charge on any atom is 0.227 e. The fourth-order valence-corrected chi connectivity index (χ4v) is 3.61. The van der Waals surface area contributed by atoms with Crippen molar-refractivity contribution in [2.24, 2.45) is 5.92 Å². The summed E-state index contributed by atoms with van der Waals surface area (Å²) < 4.78 is 24.4. The van der Waals surface area contributed by atoms with Gasteiger partial charge < -0.3 is 19.5 Å². The van der Waals surface area contributed by atoms with Crippen LogP contribution in [0, 0.1) is 11.7 Å². The summed E-state index contributed by atoms with van der Waals surface area (Å²) in [7, 11) is 1.41. The molecule has 2 aliphatic rings. The summed E-state index contributed by atoms with van der Waals surface area (Å²) in [5.41, 5.74) is 0.632. The number of hydrogen-bond donors (Lipinski definition) is 1. The predicted octanol–water partition coefficient (Wildman–Crippen LogP) is 1.38. The van der Waals surface area contributed by atoms with Gasteiger partial charge in [-0.25, -0.2) is 4.39 Å². The number of morpholine rings is 1. The summed E-state index contributed by atoms with van der Waals surface area (Å²) >= 11 is 0. The van der Waals surface area contributed by atoms with E-state index in [1.165, 1.54) is 19.2 Å². The van der Waals surface area contributed by atoms with E-state index >= 15 is 0 Å². The first-order valence-electron chi connectivity index (χ1n) is 7.96. The van der Waals surface area contributed by atoms with Crippen molar-refractivity contribution in [3.05, 3.63) is 29.6 Å². The van der Waals surface area contributed by atoms with Crippen LogP contribution in [0.4, 0.5) is 4.39 Å². The van der Waals surface area contributed by atoms with E-state index in [1.807, 2.05) is 4.90 Å². The number of amides is 1. The van der Waals surface area contributed by atoms with Crippen LogP contribution in [-0.2, 0) is 16.0 Å². The zero-order valence-corrected chi connectivity index (χ0v) is 13.2. The van der Waals surface area contributed by atoms with Crippen LogP contribution in [0.5, 0.6) is 5.75 Å². The van der Waals surface area contributed by atoms with Gasteiger partial charge in [0.25, 0.3) is 0 Å². The Hall–Kier alpha value is -1.66. The van der Waals surface area contributed by atoms with Gasteiger partial charge in [-0.3, -0.25) is 4.79 Å². The molecule has 5 nitrogen and oxygen atoms in total. The molecule has 1 aromatic carbocycles. The molecule has 1 aliphatic carbocycles. The van der Waals surface area contributed by atoms with Crippen molar-refractivity contribution in [1.29, 1.82) is 0 Å². The van der Waals surface area contributed by atoms with E-state index in [-0.39, 0.29) is 42.7 Å². The minimum absolute atomic E-state index is 0.0115. The van der Waals surface area contributed by atoms with Crippen LogP contribution in [0.25, 0.3) is 0 Å². The van der Waals surface area contributed by atoms with Crippen LogP contribution in [0.15, 0.2) is 18.2 Å². The van der Waals surface area contributed by atoms with Crippen LogP contribution >= 0.6 is 0 Å². The van der Waals surface area contributed by atoms with Crippen molar-refractivity contribution in [3.63, 3.8) is 0 Å². The van der Waals surface area contributed by atoms with E-state index in [1.54, 1.807) is 6.07 Å². The van der Waals surface area contributed by atoms with Crippen molar-refractivity contribution in [1.82, 2.24) is 4.90 Å². The van der Waals surface area contributed by atoms with Gasteiger partial charge in [-0.1, -0.05) is 6.07 Å². The molecule has 3 atom stereocenters. The van der Waals surface area contributed by atoms with Gasteiger partial charge in [0.05, 0.1) is 32.3 Å². The predicted molar refractivity (Wildman–Crippen MR) is 81.7 cm³/mol. The smallest absolute Gasteiger partial charge is 0.227 e. The highest BCUT2D eigenvalue weighted by Gasteiger charge is 2.42. The summed E-state index contributed by atoms with van der Waals surface area (Å²) in [5.74, 6) is -0.114. The zero-order valence-electron chi connectivity index (χ0n) is 13.2. The van der Waals surface area contributed by atoms with E-state index in [4.69, 9.17) is 9.47 Å². The fourth-order valence-electron chi connectivity index (χ4n) is 3.61. The summed E-state index contributed by atoms with van der Waals surface area (Å²) in [5, 5.41) is 9.34. The molecule has 3 rings (SSSR count). The minimum Gasteiger partial charge on any atom is -0.494 e. The standard InChI is InChI=1S/C17H22FNO4/c1-22-15-3-2-11(6-13(15)18)9-17(21)19-4-5-23-16-8-12(10-20)7-14(16)19/h2-3,6,12,14,16,20H,4-5,7-10H2,1H3/t12-,14+,16?/m1/s1. The van der Waals surface area contributed by atoms with Crippen molar-refractivity contribution in [2.75, 3.05) is 26.9 Å². The number of carbonyl (C=O) groups excluding carboxylic acids is 1. The Morgan fingerprint density at radius 3 is 3.00 bits per heavy atom. The molecule has 126 valence electrons. The Balaban J connectivity index is 1.69. The number of ether oxygens (including phenoxy) is 2. The van der Waals surface area contributed by atoms with Crippen molar-refractivity contribution in [3.8, 4) is 5.75 Å². The maximum absolute atomic E-state index is 13.8. The minimum atomic E-state index is -0.459. The van der Waals surface area contributed by atoms with Crippen LogP contribution in [0.3, 0.4) is 0 Å². The van der Waals surface area contributed by atoms with Gasteiger partial charge in [0.15, 0.2) is 11.6 Å². The number of benzene rings is 1. The second kappa shape index (κ2) is 6.84. The molecule has 2 fully saturated rings. The molecule has 1 unspecified atom stereocenters. The van der Waals surface area contributed by atoms with Crippen molar-refractivity contribution < 1.29 is 23.8 Å². The number of hydrogen-bond acceptors (Lipinski definition) is 4. The number of rotatable bonds is 4. The molecule has 1 aromatic rings. The number of carbonyl (C=O) groups is 1. The zero-order chi connectivity index (χ0) is 16.4. The fraction of sp³-hybridized carbons (Fsp3) is 0.588. The highest BCUT2D eigenvalue weighted by Crippen LogP contribution is 2.34. The molecule has 6 heteroatoms. The molecule has 1 aliphatic heterocycles. The number of aliphatic hydroxyl groups is 1. The highest BCUT2D eigenvalue weighted by atomic mass is 19.1. The quantitative estimate of drug-likeness (QED) is 0.909. The lowest BCUT2D eigenvalue weighted by atomic mass is 10.1. The SMILES string of the molecule is COc1ccc(CC(=O)N2CCOC3C[C@H](CO)C[C@@H]32)cc1F. The summed E-state index contributed by atoms with van der Waals surface area (Å²) in [6.07, 6.45) is 1.73. The molecule has 0 radical (unpaired) electrons. The second-order valence-corrected chi connectivity index (χ2v) is 6.23. The lowest BCUT2D eigenvalue weighted by Crippen LogP contribution is -2.51. The lowest BCUT2D eigenvalue weighted by Gasteiger charge is -2.37. The summed E-state index contributed by atoms with van der Waals surface area (Å²) in [6.45, 7) is 1.20. The summed E-state index contributed by atoms with van der Waals surface area (Å²) in [4.78, 5) is 14.5. The van der Waals surface area contributed by atoms with E-state index in [0.717, 1.165) is 12.8 Å². The Labute approximate surface area is 135 Å². The molecule has 0 aromatic heterocycles. The molecule has 0 spiro atoms. The molecule has 1 heterocycles. The Morgan fingerprint density at radius 1 is 1.48 bits per heavy atom. The third-order valence-corrected chi connectivity index (χ3v) is 4.78. The largest absolute Gasteiger partial charge is 0.494 e. The van der Waals surface area contributed by atoms with Gasteiger partial charge in [-0.15, -0.1) is 0 Å². The van der Waals surface area contributed by atoms with E-state index < -0.39 is 5.82 Å². The van der Waals surface area contributed by atoms with E-state index in [0.29, 0.717) is 18.7 Å². The van der Waals surface area contributed by atoms with Crippen LogP contribution < -0.4 is 4.74 Å². The third-order valence-electron chi connectivity index (χ3n) is 4.78. The Morgan fingerprint density at radius 2 is 2.30 bits per heavy atom. The third kappa shape index (κ3) is 3.33. The van der Waals surface area contributed by atoms with Crippen LogP contribution in [-0.4, -0.2) is 54.9 Å². The van der Waals surface area contributed by atoms with Crippen molar-refractivity contribution >= 4 is 5.91 Å². The Kier molecular flexibility index (Phi) is 4.82. The number of aliphatic hydroxyl groups excluding tert-OH is 1. The summed E-state index contributed by atoms with van der Waals surface area (Å²) in [6, 6.07) is 4.62. The molecule has 1 amide bonds. The van der Waals surface area contributed by atoms with Crippen LogP contribution in [0.2, 0.25) is 0 Å². The highest BCUT2D eigenvalue weighted by molar-refractivity contribution is 5.79. The van der Waals surface area contributed by atoms with Crippen LogP contribution in [0.1, 0.15) is 18.4 Å². The molecule has 23 heavy (non-hydrogen) atoms. The lowest BCUT2D eigenvalue weighted by molar-refractivity contribution is -0.143. The number of methoxy groups -OCH3 is 1. The van der Waals surface area contributed by atoms with E-state index in [9.17, 15) is 14.3 Å². The Bertz CT molecular complexity index is 580. The van der Waals surface area contributed by atoms with E-state index in [2.05, 4.69) is 0 Å². The number of nitrogens with zero attached hydrogens (tertiary/aromatic N) is 1. The molecule has 1 saturated heterocycles. The van der Waals surface area contributed by atoms with Gasteiger partial charge in [0, 0.05) is 13.2 Å². The van der Waals surface area contributed by atoms with Gasteiger partial charge in [-0.05, 0) is 36.5 Å². The average Bonchev–Trinajstić information content (AvgIpc) is 2.98. The van der Waals surface area contributed by atoms with Gasteiger partial charge in [0.2, 0.25) is 5.91 Å². The van der Waals surface area contributed by atoms with Gasteiger partial charge in [0.1, 0.15) is 0 Å². The molecule has 1 saturated carbocycles. The van der Waals surface area contributed by atoms with Gasteiger partial charge in [-0.2, -0.15) is 0 Å².